The maximum absolute atomic E-state index is 12.3. The van der Waals surface area contributed by atoms with Crippen molar-refractivity contribution in [1.82, 2.24) is 10.6 Å². The zero-order chi connectivity index (χ0) is 21.5. The molecule has 1 atom stereocenters. The van der Waals surface area contributed by atoms with Gasteiger partial charge in [0.05, 0.1) is 30.3 Å². The molecule has 2 N–H and O–H groups in total. The van der Waals surface area contributed by atoms with Gasteiger partial charge in [-0.15, -0.1) is 0 Å². The van der Waals surface area contributed by atoms with E-state index in [0.717, 1.165) is 29.9 Å². The van der Waals surface area contributed by atoms with Crippen molar-refractivity contribution in [3.05, 3.63) is 29.3 Å². The van der Waals surface area contributed by atoms with E-state index >= 15 is 0 Å². The first-order valence-corrected chi connectivity index (χ1v) is 11.9. The highest BCUT2D eigenvalue weighted by Crippen LogP contribution is 2.24. The van der Waals surface area contributed by atoms with Crippen molar-refractivity contribution in [2.24, 2.45) is 4.99 Å². The highest BCUT2D eigenvalue weighted by molar-refractivity contribution is 7.92. The fraction of sp³-hybridized carbons (Fsp3) is 0.667. The summed E-state index contributed by atoms with van der Waals surface area (Å²) in [5.41, 5.74) is 2.12. The molecule has 8 heteroatoms. The summed E-state index contributed by atoms with van der Waals surface area (Å²) in [6, 6.07) is 6.09. The molecule has 1 heterocycles. The Labute approximate surface area is 175 Å². The van der Waals surface area contributed by atoms with Crippen molar-refractivity contribution in [1.29, 1.82) is 0 Å². The predicted octanol–water partition coefficient (Wildman–Crippen LogP) is 2.43. The maximum atomic E-state index is 12.3. The van der Waals surface area contributed by atoms with Crippen LogP contribution in [0.2, 0.25) is 0 Å². The summed E-state index contributed by atoms with van der Waals surface area (Å²) in [6.45, 7) is 11.9. The second kappa shape index (κ2) is 10.3. The monoisotopic (exact) mass is 425 g/mol. The quantitative estimate of drug-likeness (QED) is 0.491. The van der Waals surface area contributed by atoms with Gasteiger partial charge in [-0.25, -0.2) is 13.4 Å². The third kappa shape index (κ3) is 7.19. The molecule has 1 saturated heterocycles. The molecular weight excluding hydrogens is 390 g/mol. The number of hydrogen-bond donors (Lipinski definition) is 2. The number of ether oxygens (including phenoxy) is 2. The lowest BCUT2D eigenvalue weighted by Gasteiger charge is -2.20. The Hall–Kier alpha value is -1.80. The number of guanidine groups is 1. The van der Waals surface area contributed by atoms with Gasteiger partial charge in [0.25, 0.3) is 0 Å². The standard InChI is InChI=1S/C21H35N3O4S/c1-6-22-20(23-10-12-29(25,26)21(3,4)5)24-14-17-8-7-16(2)13-19(17)28-18-9-11-27-15-18/h7-8,13,18H,6,9-12,14-15H2,1-5H3,(H2,22,23,24). The molecule has 0 radical (unpaired) electrons. The Balaban J connectivity index is 2.04. The van der Waals surface area contributed by atoms with E-state index in [1.807, 2.05) is 32.0 Å². The van der Waals surface area contributed by atoms with Crippen molar-refractivity contribution in [3.63, 3.8) is 0 Å². The molecule has 7 nitrogen and oxygen atoms in total. The number of nitrogens with one attached hydrogen (secondary N) is 2. The fourth-order valence-electron chi connectivity index (χ4n) is 2.80. The molecular formula is C21H35N3O4S. The predicted molar refractivity (Wildman–Crippen MR) is 117 cm³/mol. The Morgan fingerprint density at radius 1 is 1.31 bits per heavy atom. The normalized spacial score (nSPS) is 18.0. The first-order chi connectivity index (χ1) is 13.6. The lowest BCUT2D eigenvalue weighted by atomic mass is 10.1. The van der Waals surface area contributed by atoms with Crippen LogP contribution in [-0.2, 0) is 21.1 Å². The van der Waals surface area contributed by atoms with Crippen molar-refractivity contribution in [2.45, 2.75) is 58.4 Å². The van der Waals surface area contributed by atoms with Crippen LogP contribution in [0.1, 0.15) is 45.2 Å². The molecule has 1 aliphatic rings. The zero-order valence-electron chi connectivity index (χ0n) is 18.2. The van der Waals surface area contributed by atoms with Gasteiger partial charge in [0.1, 0.15) is 11.9 Å². The van der Waals surface area contributed by atoms with Crippen molar-refractivity contribution < 1.29 is 17.9 Å². The van der Waals surface area contributed by atoms with Crippen LogP contribution in [0.15, 0.2) is 23.2 Å². The molecule has 29 heavy (non-hydrogen) atoms. The topological polar surface area (TPSA) is 89.0 Å². The third-order valence-corrected chi connectivity index (χ3v) is 7.36. The molecule has 0 aliphatic carbocycles. The average Bonchev–Trinajstić information content (AvgIpc) is 3.13. The summed E-state index contributed by atoms with van der Waals surface area (Å²) >= 11 is 0. The minimum Gasteiger partial charge on any atom is -0.488 e. The van der Waals surface area contributed by atoms with E-state index in [1.54, 1.807) is 20.8 Å². The Kier molecular flexibility index (Phi) is 8.34. The molecule has 1 aromatic rings. The molecule has 1 fully saturated rings. The van der Waals surface area contributed by atoms with E-state index in [-0.39, 0.29) is 11.9 Å². The minimum atomic E-state index is -3.18. The van der Waals surface area contributed by atoms with Crippen LogP contribution in [-0.4, -0.2) is 57.3 Å². The molecule has 1 aromatic carbocycles. The lowest BCUT2D eigenvalue weighted by Crippen LogP contribution is -2.41. The number of rotatable bonds is 8. The molecule has 0 saturated carbocycles. The molecule has 0 amide bonds. The number of sulfone groups is 1. The van der Waals surface area contributed by atoms with E-state index in [1.165, 1.54) is 0 Å². The van der Waals surface area contributed by atoms with Crippen molar-refractivity contribution >= 4 is 15.8 Å². The molecule has 0 spiro atoms. The summed E-state index contributed by atoms with van der Waals surface area (Å²) in [5.74, 6) is 1.48. The molecule has 1 aliphatic heterocycles. The lowest BCUT2D eigenvalue weighted by molar-refractivity contribution is 0.140. The van der Waals surface area contributed by atoms with Crippen molar-refractivity contribution in [2.75, 3.05) is 32.1 Å². The number of benzene rings is 1. The van der Waals surface area contributed by atoms with Crippen LogP contribution in [0.4, 0.5) is 0 Å². The van der Waals surface area contributed by atoms with Gasteiger partial charge in [0.2, 0.25) is 0 Å². The summed E-state index contributed by atoms with van der Waals surface area (Å²) < 4.78 is 35.3. The van der Waals surface area contributed by atoms with E-state index < -0.39 is 14.6 Å². The summed E-state index contributed by atoms with van der Waals surface area (Å²) in [5, 5.41) is 6.29. The van der Waals surface area contributed by atoms with Gasteiger partial charge in [-0.2, -0.15) is 0 Å². The van der Waals surface area contributed by atoms with Gasteiger partial charge in [0, 0.05) is 25.1 Å². The van der Waals surface area contributed by atoms with Gasteiger partial charge in [-0.1, -0.05) is 12.1 Å². The summed E-state index contributed by atoms with van der Waals surface area (Å²) in [6.07, 6.45) is 0.969. The molecule has 1 unspecified atom stereocenters. The van der Waals surface area contributed by atoms with Crippen LogP contribution in [0, 0.1) is 6.92 Å². The van der Waals surface area contributed by atoms with Gasteiger partial charge >= 0.3 is 0 Å². The summed E-state index contributed by atoms with van der Waals surface area (Å²) in [4.78, 5) is 4.62. The largest absolute Gasteiger partial charge is 0.488 e. The number of hydrogen-bond acceptors (Lipinski definition) is 5. The fourth-order valence-corrected chi connectivity index (χ4v) is 3.79. The van der Waals surface area contributed by atoms with Crippen molar-refractivity contribution in [3.8, 4) is 5.75 Å². The smallest absolute Gasteiger partial charge is 0.191 e. The van der Waals surface area contributed by atoms with Crippen LogP contribution >= 0.6 is 0 Å². The molecule has 0 bridgehead atoms. The van der Waals surface area contributed by atoms with E-state index in [0.29, 0.717) is 32.2 Å². The number of nitrogens with zero attached hydrogens (tertiary/aromatic N) is 1. The van der Waals surface area contributed by atoms with Gasteiger partial charge in [0.15, 0.2) is 15.8 Å². The summed E-state index contributed by atoms with van der Waals surface area (Å²) in [7, 11) is -3.18. The third-order valence-electron chi connectivity index (χ3n) is 4.75. The van der Waals surface area contributed by atoms with Crippen LogP contribution in [0.25, 0.3) is 0 Å². The highest BCUT2D eigenvalue weighted by Gasteiger charge is 2.28. The molecule has 0 aromatic heterocycles. The number of aliphatic imine (C=N–C) groups is 1. The minimum absolute atomic E-state index is 0.0570. The van der Waals surface area contributed by atoms with E-state index in [4.69, 9.17) is 9.47 Å². The molecule has 2 rings (SSSR count). The van der Waals surface area contributed by atoms with Crippen LogP contribution in [0.3, 0.4) is 0 Å². The number of aryl methyl sites for hydroxylation is 1. The Morgan fingerprint density at radius 2 is 2.07 bits per heavy atom. The van der Waals surface area contributed by atoms with E-state index in [9.17, 15) is 8.42 Å². The second-order valence-corrected chi connectivity index (χ2v) is 11.1. The average molecular weight is 426 g/mol. The zero-order valence-corrected chi connectivity index (χ0v) is 19.1. The first-order valence-electron chi connectivity index (χ1n) is 10.2. The Bertz CT molecular complexity index is 795. The highest BCUT2D eigenvalue weighted by atomic mass is 32.2. The van der Waals surface area contributed by atoms with Gasteiger partial charge < -0.3 is 20.1 Å². The van der Waals surface area contributed by atoms with Crippen LogP contribution in [0.5, 0.6) is 5.75 Å². The SMILES string of the molecule is CCNC(=NCc1ccc(C)cc1OC1CCOC1)NCCS(=O)(=O)C(C)(C)C. The Morgan fingerprint density at radius 3 is 2.69 bits per heavy atom. The second-order valence-electron chi connectivity index (χ2n) is 8.27. The van der Waals surface area contributed by atoms with Crippen LogP contribution < -0.4 is 15.4 Å². The van der Waals surface area contributed by atoms with Gasteiger partial charge in [-0.3, -0.25) is 0 Å². The van der Waals surface area contributed by atoms with E-state index in [2.05, 4.69) is 15.6 Å². The first kappa shape index (κ1) is 23.5. The molecule has 164 valence electrons. The maximum Gasteiger partial charge on any atom is 0.191 e. The van der Waals surface area contributed by atoms with Gasteiger partial charge in [-0.05, 0) is 46.2 Å².